The number of aromatic nitrogens is 2. The summed E-state index contributed by atoms with van der Waals surface area (Å²) in [7, 11) is -3.51. The fourth-order valence-electron chi connectivity index (χ4n) is 2.82. The predicted octanol–water partition coefficient (Wildman–Crippen LogP) is 0.623. The Balaban J connectivity index is 1.69. The number of hydrogen-bond acceptors (Lipinski definition) is 4. The third-order valence-electron chi connectivity index (χ3n) is 3.89. The first-order valence-electron chi connectivity index (χ1n) is 7.32. The summed E-state index contributed by atoms with van der Waals surface area (Å²) in [6.07, 6.45) is 3.86. The van der Waals surface area contributed by atoms with Crippen LogP contribution in [0.1, 0.15) is 16.8 Å². The van der Waals surface area contributed by atoms with Crippen molar-refractivity contribution in [2.75, 3.05) is 18.8 Å². The smallest absolute Gasteiger partial charge is 0.257 e. The number of para-hydroxylation sites is 1. The summed E-state index contributed by atoms with van der Waals surface area (Å²) < 4.78 is 24.0. The van der Waals surface area contributed by atoms with Gasteiger partial charge in [0.15, 0.2) is 0 Å². The summed E-state index contributed by atoms with van der Waals surface area (Å²) in [6, 6.07) is 9.51. The van der Waals surface area contributed by atoms with Gasteiger partial charge in [0.05, 0.1) is 23.2 Å². The first kappa shape index (κ1) is 15.7. The Hall–Kier alpha value is -2.19. The van der Waals surface area contributed by atoms with Gasteiger partial charge in [0.25, 0.3) is 5.91 Å². The maximum absolute atomic E-state index is 12.5. The molecule has 0 bridgehead atoms. The third kappa shape index (κ3) is 3.77. The second kappa shape index (κ2) is 6.13. The molecule has 0 spiro atoms. The first-order valence-corrected chi connectivity index (χ1v) is 9.04. The number of primary sulfonamides is 1. The van der Waals surface area contributed by atoms with Gasteiger partial charge in [0.2, 0.25) is 10.0 Å². The molecule has 0 unspecified atom stereocenters. The normalized spacial score (nSPS) is 18.3. The SMILES string of the molecule is NS(=O)(=O)C[C@H]1CCN(C(=O)c2cnn(-c3ccccc3)c2)C1. The molecule has 1 aliphatic heterocycles. The van der Waals surface area contributed by atoms with Crippen LogP contribution in [0.5, 0.6) is 0 Å². The highest BCUT2D eigenvalue weighted by Gasteiger charge is 2.29. The standard InChI is InChI=1S/C15H18N4O3S/c16-23(21,22)11-12-6-7-18(9-12)15(20)13-8-17-19(10-13)14-4-2-1-3-5-14/h1-5,8,10,12H,6-7,9,11H2,(H2,16,21,22)/t12-/m0/s1. The van der Waals surface area contributed by atoms with Crippen molar-refractivity contribution in [3.8, 4) is 5.69 Å². The molecule has 7 nitrogen and oxygen atoms in total. The van der Waals surface area contributed by atoms with Crippen LogP contribution >= 0.6 is 0 Å². The van der Waals surface area contributed by atoms with E-state index >= 15 is 0 Å². The topological polar surface area (TPSA) is 98.3 Å². The molecule has 2 aromatic rings. The third-order valence-corrected chi connectivity index (χ3v) is 4.83. The second-order valence-electron chi connectivity index (χ2n) is 5.74. The van der Waals surface area contributed by atoms with Crippen LogP contribution in [0, 0.1) is 5.92 Å². The molecule has 3 rings (SSSR count). The maximum atomic E-state index is 12.5. The molecular formula is C15H18N4O3S. The van der Waals surface area contributed by atoms with Gasteiger partial charge in [-0.1, -0.05) is 18.2 Å². The first-order chi connectivity index (χ1) is 10.9. The summed E-state index contributed by atoms with van der Waals surface area (Å²) in [5, 5.41) is 9.28. The van der Waals surface area contributed by atoms with Crippen molar-refractivity contribution >= 4 is 15.9 Å². The number of benzene rings is 1. The Morgan fingerprint density at radius 1 is 1.30 bits per heavy atom. The summed E-state index contributed by atoms with van der Waals surface area (Å²) in [5.74, 6) is -0.317. The maximum Gasteiger partial charge on any atom is 0.257 e. The van der Waals surface area contributed by atoms with E-state index in [0.717, 1.165) is 5.69 Å². The number of nitrogens with zero attached hydrogens (tertiary/aromatic N) is 3. The Kier molecular flexibility index (Phi) is 4.18. The Morgan fingerprint density at radius 3 is 2.74 bits per heavy atom. The minimum absolute atomic E-state index is 0.0833. The van der Waals surface area contributed by atoms with Gasteiger partial charge >= 0.3 is 0 Å². The van der Waals surface area contributed by atoms with Crippen LogP contribution in [0.25, 0.3) is 5.69 Å². The molecule has 0 saturated carbocycles. The van der Waals surface area contributed by atoms with E-state index < -0.39 is 10.0 Å². The molecule has 0 aliphatic carbocycles. The molecule has 0 radical (unpaired) electrons. The van der Waals surface area contributed by atoms with Crippen molar-refractivity contribution in [2.24, 2.45) is 11.1 Å². The fraction of sp³-hybridized carbons (Fsp3) is 0.333. The van der Waals surface area contributed by atoms with Gasteiger partial charge < -0.3 is 4.90 Å². The number of rotatable bonds is 4. The molecule has 1 fully saturated rings. The molecule has 23 heavy (non-hydrogen) atoms. The summed E-state index contributed by atoms with van der Waals surface area (Å²) in [6.45, 7) is 0.946. The average Bonchev–Trinajstić information content (AvgIpc) is 3.15. The highest BCUT2D eigenvalue weighted by Crippen LogP contribution is 2.20. The molecule has 1 aliphatic rings. The van der Waals surface area contributed by atoms with Gasteiger partial charge in [0, 0.05) is 19.3 Å². The minimum atomic E-state index is -3.51. The summed E-state index contributed by atoms with van der Waals surface area (Å²) in [4.78, 5) is 14.1. The van der Waals surface area contributed by atoms with Gasteiger partial charge in [-0.15, -0.1) is 0 Å². The molecule has 122 valence electrons. The zero-order valence-electron chi connectivity index (χ0n) is 12.5. The lowest BCUT2D eigenvalue weighted by Gasteiger charge is -2.15. The van der Waals surface area contributed by atoms with E-state index in [9.17, 15) is 13.2 Å². The quantitative estimate of drug-likeness (QED) is 0.886. The largest absolute Gasteiger partial charge is 0.338 e. The van der Waals surface area contributed by atoms with Gasteiger partial charge in [-0.3, -0.25) is 4.79 Å². The molecular weight excluding hydrogens is 316 g/mol. The van der Waals surface area contributed by atoms with Crippen LogP contribution in [0.15, 0.2) is 42.7 Å². The molecule has 2 heterocycles. The van der Waals surface area contributed by atoms with Crippen LogP contribution in [0.4, 0.5) is 0 Å². The monoisotopic (exact) mass is 334 g/mol. The van der Waals surface area contributed by atoms with Crippen molar-refractivity contribution in [1.29, 1.82) is 0 Å². The zero-order chi connectivity index (χ0) is 16.4. The minimum Gasteiger partial charge on any atom is -0.338 e. The highest BCUT2D eigenvalue weighted by molar-refractivity contribution is 7.89. The Labute approximate surface area is 134 Å². The number of carbonyl (C=O) groups excluding carboxylic acids is 1. The molecule has 1 amide bonds. The lowest BCUT2D eigenvalue weighted by Crippen LogP contribution is -2.30. The van der Waals surface area contributed by atoms with E-state index in [2.05, 4.69) is 5.10 Å². The van der Waals surface area contributed by atoms with E-state index in [0.29, 0.717) is 25.1 Å². The summed E-state index contributed by atoms with van der Waals surface area (Å²) in [5.41, 5.74) is 1.37. The van der Waals surface area contributed by atoms with Gasteiger partial charge in [0.1, 0.15) is 0 Å². The van der Waals surface area contributed by atoms with Crippen molar-refractivity contribution in [3.63, 3.8) is 0 Å². The van der Waals surface area contributed by atoms with Gasteiger partial charge in [-0.2, -0.15) is 5.10 Å². The van der Waals surface area contributed by atoms with E-state index in [1.54, 1.807) is 15.8 Å². The highest BCUT2D eigenvalue weighted by atomic mass is 32.2. The van der Waals surface area contributed by atoms with Gasteiger partial charge in [-0.25, -0.2) is 18.2 Å². The molecule has 8 heteroatoms. The van der Waals surface area contributed by atoms with E-state index in [-0.39, 0.29) is 17.6 Å². The number of amides is 1. The molecule has 2 N–H and O–H groups in total. The summed E-state index contributed by atoms with van der Waals surface area (Å²) >= 11 is 0. The Bertz CT molecular complexity index is 801. The molecule has 1 aromatic carbocycles. The fourth-order valence-corrected chi connectivity index (χ4v) is 3.75. The van der Waals surface area contributed by atoms with Crippen molar-refractivity contribution in [2.45, 2.75) is 6.42 Å². The van der Waals surface area contributed by atoms with Crippen molar-refractivity contribution in [1.82, 2.24) is 14.7 Å². The average molecular weight is 334 g/mol. The van der Waals surface area contributed by atoms with E-state index in [4.69, 9.17) is 5.14 Å². The van der Waals surface area contributed by atoms with Crippen LogP contribution in [-0.2, 0) is 10.0 Å². The number of hydrogen-bond donors (Lipinski definition) is 1. The lowest BCUT2D eigenvalue weighted by atomic mass is 10.2. The van der Waals surface area contributed by atoms with Gasteiger partial charge in [-0.05, 0) is 24.5 Å². The molecule has 1 atom stereocenters. The molecule has 1 saturated heterocycles. The lowest BCUT2D eigenvalue weighted by molar-refractivity contribution is 0.0788. The van der Waals surface area contributed by atoms with Crippen molar-refractivity contribution in [3.05, 3.63) is 48.3 Å². The Morgan fingerprint density at radius 2 is 2.04 bits per heavy atom. The predicted molar refractivity (Wildman–Crippen MR) is 85.5 cm³/mol. The zero-order valence-corrected chi connectivity index (χ0v) is 13.3. The van der Waals surface area contributed by atoms with Crippen LogP contribution in [0.3, 0.4) is 0 Å². The second-order valence-corrected chi connectivity index (χ2v) is 7.40. The van der Waals surface area contributed by atoms with Crippen LogP contribution < -0.4 is 5.14 Å². The van der Waals surface area contributed by atoms with Crippen LogP contribution in [0.2, 0.25) is 0 Å². The van der Waals surface area contributed by atoms with Crippen molar-refractivity contribution < 1.29 is 13.2 Å². The molecule has 1 aromatic heterocycles. The number of carbonyl (C=O) groups is 1. The van der Waals surface area contributed by atoms with E-state index in [1.807, 2.05) is 30.3 Å². The number of nitrogens with two attached hydrogens (primary N) is 1. The van der Waals surface area contributed by atoms with Crippen LogP contribution in [-0.4, -0.2) is 47.8 Å². The van der Waals surface area contributed by atoms with E-state index in [1.165, 1.54) is 6.20 Å². The number of likely N-dealkylation sites (tertiary alicyclic amines) is 1. The number of sulfonamides is 1.